The van der Waals surface area contributed by atoms with Crippen molar-refractivity contribution in [3.05, 3.63) is 290 Å². The van der Waals surface area contributed by atoms with Crippen LogP contribution >= 0.6 is 0 Å². The Kier molecular flexibility index (Phi) is 10.7. The van der Waals surface area contributed by atoms with E-state index in [1.54, 1.807) is 0 Å². The molecular weight excluding hydrogens is 901 g/mol. The first-order chi connectivity index (χ1) is 35.5. The van der Waals surface area contributed by atoms with E-state index in [2.05, 4.69) is 302 Å². The number of fused-ring (bicyclic) bond motifs is 6. The molecule has 0 aliphatic rings. The maximum atomic E-state index is 2.58. The standard InChI is InChI=1S/C68H52N2Si2/c1-49-36-40-65-61(44-49)62-45-50(2)37-41-66(62)69(65)51-22-21-23-52(46-51)70-67-42-38-59(71(53-24-9-3-10-25-53,54-26-11-4-12-27-54)55-28-13-5-14-29-55)47-63(67)64-48-60(39-43-68(64)70)72(56-30-15-6-16-31-56,57-32-17-7-18-33-57)58-34-19-8-20-35-58/h3-48H,1-2H3. The Morgan fingerprint density at radius 2 is 0.486 bits per heavy atom. The smallest absolute Gasteiger partial charge is 0.179 e. The highest BCUT2D eigenvalue weighted by Crippen LogP contribution is 2.36. The van der Waals surface area contributed by atoms with Crippen LogP contribution in [-0.4, -0.2) is 25.3 Å². The number of aryl methyl sites for hydroxylation is 2. The van der Waals surface area contributed by atoms with Crippen LogP contribution in [0.1, 0.15) is 11.1 Å². The van der Waals surface area contributed by atoms with E-state index in [-0.39, 0.29) is 0 Å². The molecule has 0 saturated carbocycles. The van der Waals surface area contributed by atoms with Crippen molar-refractivity contribution in [2.45, 2.75) is 13.8 Å². The third-order valence-electron chi connectivity index (χ3n) is 15.3. The van der Waals surface area contributed by atoms with Gasteiger partial charge in [-0.1, -0.05) is 236 Å². The number of benzene rings is 11. The van der Waals surface area contributed by atoms with Gasteiger partial charge in [-0.05, 0) is 110 Å². The summed E-state index contributed by atoms with van der Waals surface area (Å²) in [6.45, 7) is 4.38. The molecule has 13 aromatic rings. The van der Waals surface area contributed by atoms with E-state index in [9.17, 15) is 0 Å². The van der Waals surface area contributed by atoms with Crippen LogP contribution in [0.5, 0.6) is 0 Å². The fourth-order valence-corrected chi connectivity index (χ4v) is 21.7. The van der Waals surface area contributed by atoms with Crippen molar-refractivity contribution in [1.29, 1.82) is 0 Å². The molecule has 0 N–H and O–H groups in total. The summed E-state index contributed by atoms with van der Waals surface area (Å²) in [7, 11) is -5.78. The molecule has 72 heavy (non-hydrogen) atoms. The number of aromatic nitrogens is 2. The summed E-state index contributed by atoms with van der Waals surface area (Å²) in [5.74, 6) is 0. The minimum atomic E-state index is -2.89. The van der Waals surface area contributed by atoms with E-state index in [1.807, 2.05) is 0 Å². The molecule has 0 spiro atoms. The van der Waals surface area contributed by atoms with Crippen LogP contribution in [-0.2, 0) is 0 Å². The Hall–Kier alpha value is -8.55. The lowest BCUT2D eigenvalue weighted by Gasteiger charge is -2.34. The molecule has 13 rings (SSSR count). The molecule has 0 radical (unpaired) electrons. The van der Waals surface area contributed by atoms with Crippen molar-refractivity contribution in [2.24, 2.45) is 0 Å². The lowest BCUT2D eigenvalue weighted by molar-refractivity contribution is 1.13. The van der Waals surface area contributed by atoms with Crippen LogP contribution in [0, 0.1) is 13.8 Å². The third kappa shape index (κ3) is 6.82. The van der Waals surface area contributed by atoms with E-state index >= 15 is 0 Å². The first kappa shape index (κ1) is 43.5. The van der Waals surface area contributed by atoms with Gasteiger partial charge in [-0.3, -0.25) is 0 Å². The van der Waals surface area contributed by atoms with Crippen molar-refractivity contribution in [3.63, 3.8) is 0 Å². The van der Waals surface area contributed by atoms with Crippen LogP contribution in [0.2, 0.25) is 0 Å². The number of hydrogen-bond donors (Lipinski definition) is 0. The molecule has 0 fully saturated rings. The van der Waals surface area contributed by atoms with Crippen molar-refractivity contribution in [1.82, 2.24) is 9.13 Å². The van der Waals surface area contributed by atoms with Crippen molar-refractivity contribution in [3.8, 4) is 11.4 Å². The summed E-state index contributed by atoms with van der Waals surface area (Å²) in [4.78, 5) is 0. The average Bonchev–Trinajstić information content (AvgIpc) is 3.94. The van der Waals surface area contributed by atoms with Gasteiger partial charge in [0, 0.05) is 32.9 Å². The van der Waals surface area contributed by atoms with E-state index < -0.39 is 16.1 Å². The summed E-state index contributed by atoms with van der Waals surface area (Å²) in [6, 6.07) is 106. The molecule has 11 aromatic carbocycles. The highest BCUT2D eigenvalue weighted by molar-refractivity contribution is 7.20. The van der Waals surface area contributed by atoms with Gasteiger partial charge in [0.25, 0.3) is 0 Å². The molecule has 0 amide bonds. The predicted molar refractivity (Wildman–Crippen MR) is 312 cm³/mol. The first-order valence-corrected chi connectivity index (χ1v) is 29.1. The maximum Gasteiger partial charge on any atom is 0.179 e. The molecule has 2 heterocycles. The van der Waals surface area contributed by atoms with Crippen molar-refractivity contribution < 1.29 is 0 Å². The lowest BCUT2D eigenvalue weighted by Crippen LogP contribution is -2.74. The highest BCUT2D eigenvalue weighted by atomic mass is 28.3. The maximum absolute atomic E-state index is 2.89. The second-order valence-corrected chi connectivity index (χ2v) is 27.0. The molecule has 2 nitrogen and oxygen atoms in total. The third-order valence-corrected chi connectivity index (χ3v) is 24.8. The van der Waals surface area contributed by atoms with Gasteiger partial charge in [0.15, 0.2) is 16.1 Å². The van der Waals surface area contributed by atoms with Gasteiger partial charge < -0.3 is 9.13 Å². The molecule has 0 atom stereocenters. The second-order valence-electron chi connectivity index (χ2n) is 19.4. The Morgan fingerprint density at radius 3 is 0.778 bits per heavy atom. The van der Waals surface area contributed by atoms with E-state index in [0.717, 1.165) is 11.4 Å². The van der Waals surface area contributed by atoms with Gasteiger partial charge in [-0.2, -0.15) is 0 Å². The monoisotopic (exact) mass is 952 g/mol. The van der Waals surface area contributed by atoms with Crippen LogP contribution in [0.25, 0.3) is 55.0 Å². The molecule has 2 aromatic heterocycles. The van der Waals surface area contributed by atoms with Crippen LogP contribution in [0.4, 0.5) is 0 Å². The molecule has 0 saturated heterocycles. The molecule has 0 unspecified atom stereocenters. The molecule has 342 valence electrons. The fraction of sp³-hybridized carbons (Fsp3) is 0.0294. The summed E-state index contributed by atoms with van der Waals surface area (Å²) in [6.07, 6.45) is 0. The number of hydrogen-bond acceptors (Lipinski definition) is 0. The van der Waals surface area contributed by atoms with Crippen molar-refractivity contribution >= 4 is 101 Å². The topological polar surface area (TPSA) is 9.86 Å². The normalized spacial score (nSPS) is 12.0. The van der Waals surface area contributed by atoms with Gasteiger partial charge in [0.2, 0.25) is 0 Å². The SMILES string of the molecule is Cc1ccc2c(c1)c1cc(C)ccc1n2-c1cccc(-n2c3ccc([Si](c4ccccc4)(c4ccccc4)c4ccccc4)cc3c3cc([Si](c4ccccc4)(c4ccccc4)c4ccccc4)ccc32)c1. The van der Waals surface area contributed by atoms with E-state index in [1.165, 1.54) is 96.2 Å². The van der Waals surface area contributed by atoms with Crippen molar-refractivity contribution in [2.75, 3.05) is 0 Å². The van der Waals surface area contributed by atoms with E-state index in [4.69, 9.17) is 0 Å². The quantitative estimate of drug-likeness (QED) is 0.0955. The molecular formula is C68H52N2Si2. The number of nitrogens with zero attached hydrogens (tertiary/aromatic N) is 2. The average molecular weight is 953 g/mol. The molecule has 0 aliphatic heterocycles. The minimum Gasteiger partial charge on any atom is -0.309 e. The fourth-order valence-electron chi connectivity index (χ4n) is 12.2. The lowest BCUT2D eigenvalue weighted by atomic mass is 10.1. The highest BCUT2D eigenvalue weighted by Gasteiger charge is 2.43. The van der Waals surface area contributed by atoms with Crippen LogP contribution in [0.15, 0.2) is 279 Å². The minimum absolute atomic E-state index is 1.12. The molecule has 0 bridgehead atoms. The van der Waals surface area contributed by atoms with Gasteiger partial charge in [-0.15, -0.1) is 0 Å². The Labute approximate surface area is 423 Å². The summed E-state index contributed by atoms with van der Waals surface area (Å²) in [5, 5.41) is 15.9. The summed E-state index contributed by atoms with van der Waals surface area (Å²) in [5.41, 5.74) is 9.57. The first-order valence-electron chi connectivity index (χ1n) is 25.1. The van der Waals surface area contributed by atoms with Gasteiger partial charge in [0.05, 0.1) is 22.1 Å². The zero-order chi connectivity index (χ0) is 48.2. The Balaban J connectivity index is 1.14. The predicted octanol–water partition coefficient (Wildman–Crippen LogP) is 11.3. The zero-order valence-electron chi connectivity index (χ0n) is 40.5. The second kappa shape index (κ2) is 17.7. The van der Waals surface area contributed by atoms with Gasteiger partial charge in [-0.25, -0.2) is 0 Å². The summed E-state index contributed by atoms with van der Waals surface area (Å²) >= 11 is 0. The Bertz CT molecular complexity index is 3650. The Morgan fingerprint density at radius 1 is 0.222 bits per heavy atom. The van der Waals surface area contributed by atoms with Gasteiger partial charge >= 0.3 is 0 Å². The van der Waals surface area contributed by atoms with Crippen LogP contribution in [0.3, 0.4) is 0 Å². The van der Waals surface area contributed by atoms with Crippen LogP contribution < -0.4 is 41.5 Å². The van der Waals surface area contributed by atoms with E-state index in [0.29, 0.717) is 0 Å². The molecule has 0 aliphatic carbocycles. The molecule has 4 heteroatoms. The van der Waals surface area contributed by atoms with Gasteiger partial charge in [0.1, 0.15) is 0 Å². The zero-order valence-corrected chi connectivity index (χ0v) is 42.5. The summed E-state index contributed by atoms with van der Waals surface area (Å²) < 4.78 is 4.98. The number of rotatable bonds is 10. The largest absolute Gasteiger partial charge is 0.309 e.